The number of aliphatic hydroxyl groups is 3. The van der Waals surface area contributed by atoms with E-state index in [0.717, 1.165) is 16.8 Å². The van der Waals surface area contributed by atoms with E-state index in [4.69, 9.17) is 4.74 Å². The summed E-state index contributed by atoms with van der Waals surface area (Å²) in [5, 5.41) is 38.8. The van der Waals surface area contributed by atoms with Gasteiger partial charge in [0, 0.05) is 33.5 Å². The first-order valence-corrected chi connectivity index (χ1v) is 11.4. The molecule has 0 unspecified atom stereocenters. The molecule has 176 valence electrons. The van der Waals surface area contributed by atoms with Crippen LogP contribution in [0.25, 0.3) is 11.3 Å². The van der Waals surface area contributed by atoms with Crippen molar-refractivity contribution in [2.75, 3.05) is 6.61 Å². The molecule has 14 heteroatoms. The number of halogens is 4. The Labute approximate surface area is 196 Å². The highest BCUT2D eigenvalue weighted by molar-refractivity contribution is 9.10. The van der Waals surface area contributed by atoms with Gasteiger partial charge in [0.25, 0.3) is 0 Å². The quantitative estimate of drug-likeness (QED) is 0.320. The number of hydrogen-bond donors (Lipinski definition) is 3. The number of rotatable bonds is 5. The van der Waals surface area contributed by atoms with Gasteiger partial charge in [-0.3, -0.25) is 4.98 Å². The number of pyridine rings is 1. The Balaban J connectivity index is 1.67. The van der Waals surface area contributed by atoms with Crippen LogP contribution in [0.2, 0.25) is 0 Å². The standard InChI is InChI=1S/C19H16BrF3N4O5S/c20-9-3-10(5-24-4-9)33(31)19-18(30)16(17(29)14(7-28)32-19)27-6-13(25-26-27)8-1-11(21)15(23)12(22)2-8/h1-6,14,16-19,28-30H,7H2/t14-,16+,17+,18-,19-,33-/m1/s1. The van der Waals surface area contributed by atoms with Gasteiger partial charge in [0.1, 0.15) is 23.9 Å². The van der Waals surface area contributed by atoms with Gasteiger partial charge >= 0.3 is 0 Å². The summed E-state index contributed by atoms with van der Waals surface area (Å²) >= 11 is 1.24. The van der Waals surface area contributed by atoms with E-state index in [1.807, 2.05) is 0 Å². The lowest BCUT2D eigenvalue weighted by Crippen LogP contribution is -2.58. The molecule has 0 amide bonds. The molecule has 33 heavy (non-hydrogen) atoms. The molecule has 1 aromatic carbocycles. The summed E-state index contributed by atoms with van der Waals surface area (Å²) in [6.07, 6.45) is -0.380. The van der Waals surface area contributed by atoms with Crippen LogP contribution in [-0.2, 0) is 15.9 Å². The number of nitrogens with zero attached hydrogens (tertiary/aromatic N) is 4. The zero-order valence-electron chi connectivity index (χ0n) is 16.4. The summed E-state index contributed by atoms with van der Waals surface area (Å²) in [5.41, 5.74) is -1.60. The maximum absolute atomic E-state index is 13.6. The van der Waals surface area contributed by atoms with Gasteiger partial charge in [-0.05, 0) is 28.1 Å². The summed E-state index contributed by atoms with van der Waals surface area (Å²) in [4.78, 5) is 4.14. The lowest BCUT2D eigenvalue weighted by atomic mass is 9.97. The summed E-state index contributed by atoms with van der Waals surface area (Å²) in [5.74, 6) is -4.49. The molecular weight excluding hydrogens is 533 g/mol. The van der Waals surface area contributed by atoms with Crippen LogP contribution in [0.3, 0.4) is 0 Å². The summed E-state index contributed by atoms with van der Waals surface area (Å²) in [6, 6.07) is 1.66. The summed E-state index contributed by atoms with van der Waals surface area (Å²) in [6.45, 7) is -0.662. The van der Waals surface area contributed by atoms with Gasteiger partial charge in [0.2, 0.25) is 5.44 Å². The van der Waals surface area contributed by atoms with Gasteiger partial charge in [-0.25, -0.2) is 17.9 Å². The minimum absolute atomic E-state index is 0.0758. The van der Waals surface area contributed by atoms with E-state index in [1.165, 1.54) is 24.7 Å². The highest BCUT2D eigenvalue weighted by Crippen LogP contribution is 2.35. The Bertz CT molecular complexity index is 1140. The Kier molecular flexibility index (Phi) is 7.04. The third-order valence-corrected chi connectivity index (χ3v) is 7.00. The van der Waals surface area contributed by atoms with Crippen molar-refractivity contribution in [3.8, 4) is 11.3 Å². The monoisotopic (exact) mass is 548 g/mol. The molecule has 3 aromatic rings. The molecular formula is C19H16BrF3N4O5S. The van der Waals surface area contributed by atoms with Crippen LogP contribution < -0.4 is 0 Å². The lowest BCUT2D eigenvalue weighted by molar-refractivity contribution is -0.180. The predicted octanol–water partition coefficient (Wildman–Crippen LogP) is 1.31. The van der Waals surface area contributed by atoms with Crippen LogP contribution in [0.5, 0.6) is 0 Å². The molecule has 1 fully saturated rings. The van der Waals surface area contributed by atoms with E-state index in [1.54, 1.807) is 0 Å². The van der Waals surface area contributed by atoms with E-state index in [-0.39, 0.29) is 16.2 Å². The van der Waals surface area contributed by atoms with Crippen LogP contribution in [0.4, 0.5) is 13.2 Å². The predicted molar refractivity (Wildman–Crippen MR) is 110 cm³/mol. The van der Waals surface area contributed by atoms with Crippen molar-refractivity contribution in [2.24, 2.45) is 0 Å². The van der Waals surface area contributed by atoms with E-state index in [2.05, 4.69) is 31.2 Å². The number of hydrogen-bond acceptors (Lipinski definition) is 8. The first-order valence-electron chi connectivity index (χ1n) is 9.41. The van der Waals surface area contributed by atoms with Crippen LogP contribution >= 0.6 is 15.9 Å². The number of benzene rings is 1. The number of aliphatic hydroxyl groups excluding tert-OH is 3. The largest absolute Gasteiger partial charge is 0.609 e. The molecule has 0 saturated carbocycles. The molecule has 0 spiro atoms. The van der Waals surface area contributed by atoms with Crippen molar-refractivity contribution in [3.63, 3.8) is 0 Å². The van der Waals surface area contributed by atoms with Crippen molar-refractivity contribution in [1.82, 2.24) is 20.0 Å². The normalized spacial score (nSPS) is 26.4. The Morgan fingerprint density at radius 3 is 2.45 bits per heavy atom. The van der Waals surface area contributed by atoms with Gasteiger partial charge in [0.15, 0.2) is 28.5 Å². The molecule has 4 rings (SSSR count). The van der Waals surface area contributed by atoms with Crippen molar-refractivity contribution < 1.29 is 37.8 Å². The molecule has 1 aliphatic rings. The van der Waals surface area contributed by atoms with Gasteiger partial charge in [-0.15, -0.1) is 5.10 Å². The van der Waals surface area contributed by atoms with Crippen LogP contribution in [0.15, 0.2) is 46.2 Å². The third-order valence-electron chi connectivity index (χ3n) is 5.07. The zero-order valence-corrected chi connectivity index (χ0v) is 18.8. The summed E-state index contributed by atoms with van der Waals surface area (Å²) in [7, 11) is 0. The number of ether oxygens (including phenoxy) is 1. The number of aromatic nitrogens is 4. The Morgan fingerprint density at radius 1 is 1.12 bits per heavy atom. The van der Waals surface area contributed by atoms with Crippen molar-refractivity contribution in [1.29, 1.82) is 0 Å². The van der Waals surface area contributed by atoms with E-state index in [9.17, 15) is 33.0 Å². The van der Waals surface area contributed by atoms with Crippen LogP contribution in [0, 0.1) is 17.5 Å². The van der Waals surface area contributed by atoms with Gasteiger partial charge in [-0.1, -0.05) is 5.21 Å². The maximum Gasteiger partial charge on any atom is 0.250 e. The maximum atomic E-state index is 13.6. The van der Waals surface area contributed by atoms with Gasteiger partial charge < -0.3 is 24.6 Å². The fourth-order valence-electron chi connectivity index (χ4n) is 3.45. The first kappa shape index (κ1) is 24.1. The molecule has 0 radical (unpaired) electrons. The topological polar surface area (TPSA) is 137 Å². The molecule has 3 N–H and O–H groups in total. The zero-order chi connectivity index (χ0) is 23.9. The second-order valence-corrected chi connectivity index (χ2v) is 9.62. The molecule has 2 aromatic heterocycles. The molecule has 3 heterocycles. The van der Waals surface area contributed by atoms with Crippen LogP contribution in [0.1, 0.15) is 6.04 Å². The van der Waals surface area contributed by atoms with Gasteiger partial charge in [-0.2, -0.15) is 0 Å². The highest BCUT2D eigenvalue weighted by atomic mass is 79.9. The molecule has 6 atom stereocenters. The fourth-order valence-corrected chi connectivity index (χ4v) is 5.30. The average molecular weight is 549 g/mol. The van der Waals surface area contributed by atoms with Crippen molar-refractivity contribution in [2.45, 2.75) is 34.7 Å². The smallest absolute Gasteiger partial charge is 0.250 e. The van der Waals surface area contributed by atoms with Crippen molar-refractivity contribution >= 4 is 27.1 Å². The average Bonchev–Trinajstić information content (AvgIpc) is 3.27. The Morgan fingerprint density at radius 2 is 1.82 bits per heavy atom. The Hall–Kier alpha value is -2.07. The molecule has 0 bridgehead atoms. The molecule has 1 saturated heterocycles. The van der Waals surface area contributed by atoms with E-state index < -0.39 is 65.0 Å². The third kappa shape index (κ3) is 4.64. The van der Waals surface area contributed by atoms with Crippen molar-refractivity contribution in [3.05, 3.63) is 58.7 Å². The second kappa shape index (κ2) is 9.66. The molecule has 9 nitrogen and oxygen atoms in total. The first-order chi connectivity index (χ1) is 15.7. The molecule has 0 aliphatic carbocycles. The lowest BCUT2D eigenvalue weighted by Gasteiger charge is -2.41. The van der Waals surface area contributed by atoms with Gasteiger partial charge in [0.05, 0.1) is 19.0 Å². The minimum atomic E-state index is -1.97. The summed E-state index contributed by atoms with van der Waals surface area (Å²) < 4.78 is 60.6. The SMILES string of the molecule is [O-][S@+](c1cncc(Br)c1)[C@H]1O[C@H](CO)[C@H](O)[C@H](n2cc(-c3cc(F)c(F)c(F)c3)nn2)[C@H]1O. The van der Waals surface area contributed by atoms with E-state index in [0.29, 0.717) is 4.47 Å². The van der Waals surface area contributed by atoms with E-state index >= 15 is 0 Å². The highest BCUT2D eigenvalue weighted by Gasteiger charge is 2.51. The fraction of sp³-hybridized carbons (Fsp3) is 0.316. The second-order valence-electron chi connectivity index (χ2n) is 7.17. The van der Waals surface area contributed by atoms with Crippen LogP contribution in [-0.4, -0.2) is 70.2 Å². The molecule has 1 aliphatic heterocycles. The minimum Gasteiger partial charge on any atom is -0.609 e.